The fourth-order valence-electron chi connectivity index (χ4n) is 2.52. The van der Waals surface area contributed by atoms with Gasteiger partial charge in [-0.05, 0) is 25.1 Å². The van der Waals surface area contributed by atoms with Gasteiger partial charge in [-0.25, -0.2) is 0 Å². The molecule has 0 fully saturated rings. The third-order valence-electron chi connectivity index (χ3n) is 3.88. The number of ether oxygens (including phenoxy) is 3. The fraction of sp³-hybridized carbons (Fsp3) is 0.350. The van der Waals surface area contributed by atoms with Gasteiger partial charge in [0.2, 0.25) is 0 Å². The van der Waals surface area contributed by atoms with Gasteiger partial charge in [-0.15, -0.1) is 24.0 Å². The van der Waals surface area contributed by atoms with Crippen LogP contribution in [0.4, 0.5) is 0 Å². The number of hydrogen-bond acceptors (Lipinski definition) is 4. The molecule has 0 spiro atoms. The second-order valence-corrected chi connectivity index (χ2v) is 5.50. The van der Waals surface area contributed by atoms with E-state index >= 15 is 0 Å². The molecule has 6 nitrogen and oxygen atoms in total. The number of methoxy groups -OCH3 is 2. The summed E-state index contributed by atoms with van der Waals surface area (Å²) in [5.41, 5.74) is 2.10. The molecule has 2 rings (SSSR count). The summed E-state index contributed by atoms with van der Waals surface area (Å²) in [6.07, 6.45) is 0. The summed E-state index contributed by atoms with van der Waals surface area (Å²) in [7, 11) is 5.03. The number of hydrogen-bond donors (Lipinski definition) is 2. The van der Waals surface area contributed by atoms with Crippen LogP contribution in [0.3, 0.4) is 0 Å². The molecule has 0 atom stereocenters. The van der Waals surface area contributed by atoms with Crippen LogP contribution in [0.2, 0.25) is 0 Å². The molecule has 27 heavy (non-hydrogen) atoms. The summed E-state index contributed by atoms with van der Waals surface area (Å²) < 4.78 is 16.3. The highest BCUT2D eigenvalue weighted by Crippen LogP contribution is 2.24. The molecule has 0 saturated heterocycles. The molecule has 7 heteroatoms. The predicted molar refractivity (Wildman–Crippen MR) is 120 cm³/mol. The number of nitrogens with one attached hydrogen (secondary N) is 2. The molecule has 0 aliphatic heterocycles. The lowest BCUT2D eigenvalue weighted by Crippen LogP contribution is -2.36. The number of halogens is 1. The van der Waals surface area contributed by atoms with Crippen LogP contribution < -0.4 is 24.8 Å². The maximum atomic E-state index is 5.66. The first kappa shape index (κ1) is 22.9. The van der Waals surface area contributed by atoms with E-state index < -0.39 is 0 Å². The monoisotopic (exact) mass is 485 g/mol. The second kappa shape index (κ2) is 12.3. The van der Waals surface area contributed by atoms with E-state index in [-0.39, 0.29) is 24.0 Å². The summed E-state index contributed by atoms with van der Waals surface area (Å²) in [6, 6.07) is 13.7. The van der Waals surface area contributed by atoms with Gasteiger partial charge >= 0.3 is 0 Å². The Morgan fingerprint density at radius 3 is 2.19 bits per heavy atom. The lowest BCUT2D eigenvalue weighted by Gasteiger charge is -2.15. The van der Waals surface area contributed by atoms with Crippen molar-refractivity contribution >= 4 is 29.9 Å². The summed E-state index contributed by atoms with van der Waals surface area (Å²) in [6.45, 7) is 3.82. The van der Waals surface area contributed by atoms with Crippen molar-refractivity contribution < 1.29 is 14.2 Å². The molecule has 0 radical (unpaired) electrons. The van der Waals surface area contributed by atoms with Gasteiger partial charge in [0.1, 0.15) is 17.2 Å². The minimum Gasteiger partial charge on any atom is -0.497 e. The Balaban J connectivity index is 0.00000364. The largest absolute Gasteiger partial charge is 0.497 e. The molecule has 0 aromatic heterocycles. The summed E-state index contributed by atoms with van der Waals surface area (Å²) in [5, 5.41) is 6.61. The van der Waals surface area contributed by atoms with Crippen molar-refractivity contribution in [1.29, 1.82) is 0 Å². The van der Waals surface area contributed by atoms with Gasteiger partial charge < -0.3 is 24.8 Å². The molecule has 2 N–H and O–H groups in total. The van der Waals surface area contributed by atoms with Gasteiger partial charge in [0.25, 0.3) is 0 Å². The summed E-state index contributed by atoms with van der Waals surface area (Å²) >= 11 is 0. The summed E-state index contributed by atoms with van der Waals surface area (Å²) in [4.78, 5) is 4.27. The van der Waals surface area contributed by atoms with Gasteiger partial charge in [-0.2, -0.15) is 0 Å². The van der Waals surface area contributed by atoms with Crippen LogP contribution in [0.15, 0.2) is 47.5 Å². The lowest BCUT2D eigenvalue weighted by atomic mass is 10.2. The molecule has 0 aliphatic rings. The molecule has 148 valence electrons. The molecular formula is C20H28IN3O3. The minimum absolute atomic E-state index is 0. The Morgan fingerprint density at radius 1 is 0.926 bits per heavy atom. The Hall–Kier alpha value is -2.16. The second-order valence-electron chi connectivity index (χ2n) is 5.50. The topological polar surface area (TPSA) is 64.1 Å². The van der Waals surface area contributed by atoms with Gasteiger partial charge in [-0.3, -0.25) is 4.99 Å². The highest BCUT2D eigenvalue weighted by molar-refractivity contribution is 14.0. The number of nitrogens with zero attached hydrogens (tertiary/aromatic N) is 1. The van der Waals surface area contributed by atoms with Crippen molar-refractivity contribution in [2.24, 2.45) is 4.99 Å². The zero-order valence-electron chi connectivity index (χ0n) is 16.2. The maximum absolute atomic E-state index is 5.66. The molecule has 0 heterocycles. The van der Waals surface area contributed by atoms with Gasteiger partial charge in [0.05, 0.1) is 20.8 Å². The minimum atomic E-state index is 0. The molecular weight excluding hydrogens is 457 g/mol. The van der Waals surface area contributed by atoms with Gasteiger partial charge in [0.15, 0.2) is 5.96 Å². The van der Waals surface area contributed by atoms with Gasteiger partial charge in [-0.1, -0.05) is 18.2 Å². The van der Waals surface area contributed by atoms with Crippen LogP contribution in [0.5, 0.6) is 17.2 Å². The van der Waals surface area contributed by atoms with Gasteiger partial charge in [0, 0.05) is 37.3 Å². The average Bonchev–Trinajstić information content (AvgIpc) is 2.69. The first-order valence-corrected chi connectivity index (χ1v) is 8.58. The summed E-state index contributed by atoms with van der Waals surface area (Å²) in [5.74, 6) is 3.12. The van der Waals surface area contributed by atoms with E-state index in [0.29, 0.717) is 25.7 Å². The normalized spacial score (nSPS) is 10.6. The first-order valence-electron chi connectivity index (χ1n) is 8.58. The van der Waals surface area contributed by atoms with Crippen LogP contribution in [-0.4, -0.2) is 33.8 Å². The molecule has 2 aromatic rings. The van der Waals surface area contributed by atoms with Crippen LogP contribution >= 0.6 is 24.0 Å². The quantitative estimate of drug-likeness (QED) is 0.340. The van der Waals surface area contributed by atoms with Crippen LogP contribution in [-0.2, 0) is 13.1 Å². The Kier molecular flexibility index (Phi) is 10.4. The van der Waals surface area contributed by atoms with Crippen molar-refractivity contribution in [2.45, 2.75) is 20.0 Å². The molecule has 0 aliphatic carbocycles. The Bertz CT molecular complexity index is 738. The maximum Gasteiger partial charge on any atom is 0.191 e. The van der Waals surface area contributed by atoms with E-state index in [2.05, 4.69) is 15.6 Å². The molecule has 0 unspecified atom stereocenters. The fourth-order valence-corrected chi connectivity index (χ4v) is 2.52. The van der Waals surface area contributed by atoms with E-state index in [4.69, 9.17) is 14.2 Å². The zero-order chi connectivity index (χ0) is 18.8. The number of para-hydroxylation sites is 1. The first-order chi connectivity index (χ1) is 12.7. The van der Waals surface area contributed by atoms with Crippen LogP contribution in [0, 0.1) is 0 Å². The Morgan fingerprint density at radius 2 is 1.59 bits per heavy atom. The number of benzene rings is 2. The molecule has 2 aromatic carbocycles. The highest BCUT2D eigenvalue weighted by atomic mass is 127. The van der Waals surface area contributed by atoms with E-state index in [1.807, 2.05) is 49.4 Å². The standard InChI is InChI=1S/C20H27N3O3.HI/c1-5-26-18-9-7-6-8-15(18)13-22-20(21-2)23-14-16-10-11-17(24-3)12-19(16)25-4;/h6-12H,5,13-14H2,1-4H3,(H2,21,22,23);1H. The lowest BCUT2D eigenvalue weighted by molar-refractivity contribution is 0.336. The average molecular weight is 485 g/mol. The highest BCUT2D eigenvalue weighted by Gasteiger charge is 2.07. The molecule has 0 amide bonds. The van der Waals surface area contributed by atoms with Crippen LogP contribution in [0.1, 0.15) is 18.1 Å². The van der Waals surface area contributed by atoms with Crippen molar-refractivity contribution in [3.63, 3.8) is 0 Å². The third kappa shape index (κ3) is 6.82. The molecule has 0 bridgehead atoms. The van der Waals surface area contributed by atoms with E-state index in [9.17, 15) is 0 Å². The SMILES string of the molecule is CCOc1ccccc1CNC(=NC)NCc1ccc(OC)cc1OC.I. The van der Waals surface area contributed by atoms with Crippen molar-refractivity contribution in [1.82, 2.24) is 10.6 Å². The Labute approximate surface area is 178 Å². The van der Waals surface area contributed by atoms with Crippen molar-refractivity contribution in [2.75, 3.05) is 27.9 Å². The van der Waals surface area contributed by atoms with Crippen molar-refractivity contribution in [3.05, 3.63) is 53.6 Å². The molecule has 0 saturated carbocycles. The van der Waals surface area contributed by atoms with E-state index in [1.165, 1.54) is 0 Å². The number of rotatable bonds is 8. The van der Waals surface area contributed by atoms with Crippen molar-refractivity contribution in [3.8, 4) is 17.2 Å². The predicted octanol–water partition coefficient (Wildman–Crippen LogP) is 3.59. The number of aliphatic imine (C=N–C) groups is 1. The zero-order valence-corrected chi connectivity index (χ0v) is 18.6. The van der Waals surface area contributed by atoms with E-state index in [1.54, 1.807) is 21.3 Å². The number of guanidine groups is 1. The smallest absolute Gasteiger partial charge is 0.191 e. The van der Waals surface area contributed by atoms with Crippen LogP contribution in [0.25, 0.3) is 0 Å². The third-order valence-corrected chi connectivity index (χ3v) is 3.88. The van der Waals surface area contributed by atoms with E-state index in [0.717, 1.165) is 28.4 Å².